The van der Waals surface area contributed by atoms with Crippen molar-refractivity contribution in [3.8, 4) is 0 Å². The lowest BCUT2D eigenvalue weighted by atomic mass is 10.2. The minimum absolute atomic E-state index is 0.155. The minimum Gasteiger partial charge on any atom is -0.338 e. The van der Waals surface area contributed by atoms with Crippen molar-refractivity contribution in [3.05, 3.63) is 89.8 Å². The molecule has 0 atom stereocenters. The van der Waals surface area contributed by atoms with Crippen LogP contribution in [-0.4, -0.2) is 43.1 Å². The monoisotopic (exact) mass is 424 g/mol. The molecule has 0 unspecified atom stereocenters. The zero-order chi connectivity index (χ0) is 21.6. The number of sulfonamides is 1. The first-order valence-electron chi connectivity index (χ1n) is 9.39. The molecule has 3 rings (SSSR count). The van der Waals surface area contributed by atoms with Crippen molar-refractivity contribution < 1.29 is 13.2 Å². The van der Waals surface area contributed by atoms with Gasteiger partial charge in [0.2, 0.25) is 15.9 Å². The summed E-state index contributed by atoms with van der Waals surface area (Å²) in [6, 6.07) is 16.4. The van der Waals surface area contributed by atoms with Gasteiger partial charge in [-0.3, -0.25) is 9.48 Å². The van der Waals surface area contributed by atoms with Crippen molar-refractivity contribution in [3.63, 3.8) is 0 Å². The van der Waals surface area contributed by atoms with Gasteiger partial charge in [-0.2, -0.15) is 5.10 Å². The number of benzene rings is 2. The average molecular weight is 425 g/mol. The number of likely N-dealkylation sites (N-methyl/N-ethyl adjacent to an activating group) is 1. The van der Waals surface area contributed by atoms with Crippen molar-refractivity contribution in [1.29, 1.82) is 0 Å². The van der Waals surface area contributed by atoms with Gasteiger partial charge >= 0.3 is 0 Å². The van der Waals surface area contributed by atoms with E-state index in [0.717, 1.165) is 16.7 Å². The average Bonchev–Trinajstić information content (AvgIpc) is 3.19. The summed E-state index contributed by atoms with van der Waals surface area (Å²) in [5.41, 5.74) is 2.84. The fourth-order valence-electron chi connectivity index (χ4n) is 2.87. The molecule has 2 aromatic carbocycles. The van der Waals surface area contributed by atoms with Crippen LogP contribution in [0.15, 0.2) is 78.0 Å². The van der Waals surface area contributed by atoms with Crippen LogP contribution in [0, 0.1) is 0 Å². The van der Waals surface area contributed by atoms with Gasteiger partial charge in [-0.15, -0.1) is 0 Å². The van der Waals surface area contributed by atoms with E-state index in [1.54, 1.807) is 36.4 Å². The van der Waals surface area contributed by atoms with E-state index in [1.165, 1.54) is 25.3 Å². The molecule has 7 nitrogen and oxygen atoms in total. The molecule has 0 radical (unpaired) electrons. The van der Waals surface area contributed by atoms with Crippen molar-refractivity contribution in [2.24, 2.45) is 0 Å². The van der Waals surface area contributed by atoms with Crippen molar-refractivity contribution in [2.75, 3.05) is 14.1 Å². The maximum Gasteiger partial charge on any atom is 0.246 e. The Hall–Kier alpha value is -3.23. The van der Waals surface area contributed by atoms with E-state index < -0.39 is 10.0 Å². The topological polar surface area (TPSA) is 84.3 Å². The summed E-state index contributed by atoms with van der Waals surface area (Å²) in [5, 5.41) is 4.36. The number of nitrogens with zero attached hydrogens (tertiary/aromatic N) is 3. The lowest BCUT2D eigenvalue weighted by Gasteiger charge is -2.13. The molecule has 0 aliphatic heterocycles. The van der Waals surface area contributed by atoms with Crippen LogP contribution in [0.4, 0.5) is 0 Å². The summed E-state index contributed by atoms with van der Waals surface area (Å²) in [4.78, 5) is 14.2. The number of hydrogen-bond acceptors (Lipinski definition) is 4. The van der Waals surface area contributed by atoms with Gasteiger partial charge in [-0.1, -0.05) is 42.5 Å². The predicted octanol–water partition coefficient (Wildman–Crippen LogP) is 2.51. The fourth-order valence-corrected chi connectivity index (χ4v) is 3.60. The van der Waals surface area contributed by atoms with E-state index >= 15 is 0 Å². The normalized spacial score (nSPS) is 11.7. The molecule has 1 amide bonds. The fraction of sp³-hybridized carbons (Fsp3) is 0.182. The SMILES string of the molecule is CNS(=O)(=O)c1ccc(/C=C/C(=O)N(C)Cc2cnn(Cc3ccccc3)c2)cc1. The molecule has 0 saturated heterocycles. The van der Waals surface area contributed by atoms with E-state index in [0.29, 0.717) is 13.1 Å². The molecule has 30 heavy (non-hydrogen) atoms. The Morgan fingerprint density at radius 1 is 1.10 bits per heavy atom. The van der Waals surface area contributed by atoms with Gasteiger partial charge in [0, 0.05) is 31.4 Å². The maximum absolute atomic E-state index is 12.4. The Morgan fingerprint density at radius 3 is 2.47 bits per heavy atom. The maximum atomic E-state index is 12.4. The summed E-state index contributed by atoms with van der Waals surface area (Å²) in [6.45, 7) is 1.12. The van der Waals surface area contributed by atoms with Crippen LogP contribution in [0.25, 0.3) is 6.08 Å². The highest BCUT2D eigenvalue weighted by molar-refractivity contribution is 7.89. The van der Waals surface area contributed by atoms with Crippen LogP contribution in [-0.2, 0) is 27.9 Å². The standard InChI is InChI=1S/C22H24N4O3S/c1-23-30(28,29)21-11-8-18(9-12-21)10-13-22(27)25(2)15-20-14-24-26(17-20)16-19-6-4-3-5-7-19/h3-14,17,23H,15-16H2,1-2H3/b13-10+. The van der Waals surface area contributed by atoms with Crippen LogP contribution in [0.1, 0.15) is 16.7 Å². The number of carbonyl (C=O) groups excluding carboxylic acids is 1. The quantitative estimate of drug-likeness (QED) is 0.563. The predicted molar refractivity (Wildman–Crippen MR) is 116 cm³/mol. The van der Waals surface area contributed by atoms with Crippen LogP contribution in [0.5, 0.6) is 0 Å². The molecular formula is C22H24N4O3S. The second-order valence-electron chi connectivity index (χ2n) is 6.84. The van der Waals surface area contributed by atoms with E-state index in [2.05, 4.69) is 9.82 Å². The lowest BCUT2D eigenvalue weighted by Crippen LogP contribution is -2.23. The van der Waals surface area contributed by atoms with Crippen molar-refractivity contribution in [1.82, 2.24) is 19.4 Å². The smallest absolute Gasteiger partial charge is 0.246 e. The van der Waals surface area contributed by atoms with Gasteiger partial charge in [-0.25, -0.2) is 13.1 Å². The summed E-state index contributed by atoms with van der Waals surface area (Å²) in [6.07, 6.45) is 6.82. The molecule has 3 aromatic rings. The third kappa shape index (κ3) is 5.65. The highest BCUT2D eigenvalue weighted by Crippen LogP contribution is 2.12. The molecule has 0 aliphatic rings. The molecule has 156 valence electrons. The third-order valence-electron chi connectivity index (χ3n) is 4.55. The highest BCUT2D eigenvalue weighted by Gasteiger charge is 2.11. The van der Waals surface area contributed by atoms with E-state index in [-0.39, 0.29) is 10.8 Å². The van der Waals surface area contributed by atoms with Gasteiger partial charge in [0.1, 0.15) is 0 Å². The zero-order valence-corrected chi connectivity index (χ0v) is 17.7. The number of aromatic nitrogens is 2. The highest BCUT2D eigenvalue weighted by atomic mass is 32.2. The second kappa shape index (κ2) is 9.51. The van der Waals surface area contributed by atoms with E-state index in [9.17, 15) is 13.2 Å². The van der Waals surface area contributed by atoms with E-state index in [1.807, 2.05) is 41.2 Å². The van der Waals surface area contributed by atoms with Crippen LogP contribution < -0.4 is 4.72 Å². The van der Waals surface area contributed by atoms with Crippen molar-refractivity contribution in [2.45, 2.75) is 18.0 Å². The Bertz CT molecular complexity index is 1120. The Labute approximate surface area is 176 Å². The summed E-state index contributed by atoms with van der Waals surface area (Å²) in [7, 11) is -0.379. The lowest BCUT2D eigenvalue weighted by molar-refractivity contribution is -0.125. The number of rotatable bonds is 8. The van der Waals surface area contributed by atoms with E-state index in [4.69, 9.17) is 0 Å². The molecule has 0 spiro atoms. The first-order chi connectivity index (χ1) is 14.4. The van der Waals surface area contributed by atoms with Gasteiger partial charge < -0.3 is 4.90 Å². The summed E-state index contributed by atoms with van der Waals surface area (Å²) in [5.74, 6) is -0.155. The zero-order valence-electron chi connectivity index (χ0n) is 16.9. The van der Waals surface area contributed by atoms with Gasteiger partial charge in [-0.05, 0) is 36.4 Å². The molecule has 1 aromatic heterocycles. The molecule has 0 aliphatic carbocycles. The second-order valence-corrected chi connectivity index (χ2v) is 8.72. The van der Waals surface area contributed by atoms with Gasteiger partial charge in [0.05, 0.1) is 17.6 Å². The molecule has 1 N–H and O–H groups in total. The number of carbonyl (C=O) groups is 1. The van der Waals surface area contributed by atoms with Gasteiger partial charge in [0.25, 0.3) is 0 Å². The first-order valence-corrected chi connectivity index (χ1v) is 10.9. The number of nitrogens with one attached hydrogen (secondary N) is 1. The molecule has 0 fully saturated rings. The molecule has 8 heteroatoms. The molecule has 0 saturated carbocycles. The van der Waals surface area contributed by atoms with Crippen molar-refractivity contribution >= 4 is 22.0 Å². The Morgan fingerprint density at radius 2 is 1.80 bits per heavy atom. The van der Waals surface area contributed by atoms with Crippen LogP contribution in [0.3, 0.4) is 0 Å². The Balaban J connectivity index is 1.57. The number of amides is 1. The van der Waals surface area contributed by atoms with Gasteiger partial charge in [0.15, 0.2) is 0 Å². The summed E-state index contributed by atoms with van der Waals surface area (Å²) < 4.78 is 27.6. The Kier molecular flexibility index (Phi) is 6.81. The molecule has 1 heterocycles. The third-order valence-corrected chi connectivity index (χ3v) is 5.98. The summed E-state index contributed by atoms with van der Waals surface area (Å²) >= 11 is 0. The number of hydrogen-bond donors (Lipinski definition) is 1. The van der Waals surface area contributed by atoms with Crippen LogP contribution in [0.2, 0.25) is 0 Å². The largest absolute Gasteiger partial charge is 0.338 e. The molecule has 0 bridgehead atoms. The van der Waals surface area contributed by atoms with Crippen LogP contribution >= 0.6 is 0 Å². The molecular weight excluding hydrogens is 400 g/mol. The minimum atomic E-state index is -3.47. The first kappa shape index (κ1) is 21.5.